The van der Waals surface area contributed by atoms with Crippen molar-refractivity contribution in [3.05, 3.63) is 145 Å². The van der Waals surface area contributed by atoms with E-state index in [-0.39, 0.29) is 0 Å². The molecule has 0 amide bonds. The van der Waals surface area contributed by atoms with Gasteiger partial charge < -0.3 is 8.98 Å². The summed E-state index contributed by atoms with van der Waals surface area (Å²) in [6.07, 6.45) is 0. The third-order valence-electron chi connectivity index (χ3n) is 7.34. The normalized spacial score (nSPS) is 19.5. The maximum atomic E-state index is 9.52. The maximum Gasteiger partial charge on any atom is 0.236 e. The van der Waals surface area contributed by atoms with Gasteiger partial charge in [-0.1, -0.05) is 103 Å². The molecule has 0 spiro atoms. The second-order valence-electron chi connectivity index (χ2n) is 9.64. The van der Waals surface area contributed by atoms with Gasteiger partial charge >= 0.3 is 0 Å². The van der Waals surface area contributed by atoms with Crippen molar-refractivity contribution in [3.63, 3.8) is 0 Å². The van der Waals surface area contributed by atoms with Crippen LogP contribution < -0.4 is 0 Å². The molecule has 45 heavy (non-hydrogen) atoms. The second-order valence-corrected chi connectivity index (χ2v) is 9.64. The largest absolute Gasteiger partial charge is 0.452 e. The molecular weight excluding hydrogens is 552 g/mol. The lowest BCUT2D eigenvalue weighted by Crippen LogP contribution is -2.04. The predicted molar refractivity (Wildman–Crippen MR) is 183 cm³/mol. The van der Waals surface area contributed by atoms with E-state index < -0.39 is 234 Å². The summed E-state index contributed by atoms with van der Waals surface area (Å²) in [6, 6.07) is -20.0. The molecule has 0 aliphatic heterocycles. The van der Waals surface area contributed by atoms with Gasteiger partial charge in [0.1, 0.15) is 16.8 Å². The first-order valence-corrected chi connectivity index (χ1v) is 13.1. The smallest absolute Gasteiger partial charge is 0.236 e. The Bertz CT molecular complexity index is 3980. The Balaban J connectivity index is 1.53. The molecule has 4 heterocycles. The summed E-state index contributed by atoms with van der Waals surface area (Å²) < 4.78 is 220. The average molecular weight is 601 g/mol. The molecule has 10 rings (SSSR count). The van der Waals surface area contributed by atoms with Gasteiger partial charge in [-0.25, -0.2) is 9.97 Å². The molecule has 5 nitrogen and oxygen atoms in total. The van der Waals surface area contributed by atoms with Crippen LogP contribution in [0.15, 0.2) is 149 Å². The molecule has 0 bridgehead atoms. The van der Waals surface area contributed by atoms with Crippen LogP contribution in [0.3, 0.4) is 0 Å². The fraction of sp³-hybridized carbons (Fsp3) is 0. The van der Waals surface area contributed by atoms with E-state index in [4.69, 9.17) is 34.6 Å². The lowest BCUT2D eigenvalue weighted by atomic mass is 10.1. The minimum Gasteiger partial charge on any atom is -0.452 e. The maximum absolute atomic E-state index is 9.52. The number of fused-ring (bicyclic) bond motifs is 9. The summed E-state index contributed by atoms with van der Waals surface area (Å²) in [4.78, 5) is 9.27. The molecule has 4 aromatic heterocycles. The highest BCUT2D eigenvalue weighted by atomic mass is 16.3. The third kappa shape index (κ3) is 3.38. The minimum absolute atomic E-state index is 0.428. The van der Waals surface area contributed by atoms with Crippen LogP contribution in [0.1, 0.15) is 32.9 Å². The zero-order valence-electron chi connectivity index (χ0n) is 46.2. The SMILES string of the molecule is [2H]c1c([2H])c([2H])c(-n2c3c([2H])c([2H])c([2H])c([2H])c3c3c([2H])c([2H])c([2H])c([2H])c32)c(-c2nc(-n3c4c([2H])c([2H])c([2H])c([2H])c4c4c([2H])c([2H])c([2H])c([2H])c43)nc3c2oc2c([2H])c([2H])c([2H])c([2H])c23)c1[2H]. The van der Waals surface area contributed by atoms with Crippen LogP contribution >= 0.6 is 0 Å². The van der Waals surface area contributed by atoms with Crippen LogP contribution in [-0.2, 0) is 0 Å². The summed E-state index contributed by atoms with van der Waals surface area (Å²) in [6.45, 7) is 0. The number of nitrogens with zero attached hydrogens (tertiary/aromatic N) is 4. The Kier molecular flexibility index (Phi) is 2.19. The van der Waals surface area contributed by atoms with E-state index in [1.54, 1.807) is 0 Å². The monoisotopic (exact) mass is 600 g/mol. The van der Waals surface area contributed by atoms with Crippen LogP contribution in [0, 0.1) is 0 Å². The summed E-state index contributed by atoms with van der Waals surface area (Å²) in [5, 5.41) is -2.26. The van der Waals surface area contributed by atoms with Crippen LogP contribution in [-0.4, -0.2) is 19.1 Å². The molecule has 210 valence electrons. The van der Waals surface area contributed by atoms with Gasteiger partial charge in [-0.15, -0.1) is 0 Å². The number of hydrogen-bond donors (Lipinski definition) is 0. The fourth-order valence-corrected chi connectivity index (χ4v) is 5.53. The van der Waals surface area contributed by atoms with Crippen molar-refractivity contribution in [2.75, 3.05) is 0 Å². The molecule has 5 heteroatoms. The zero-order valence-corrected chi connectivity index (χ0v) is 22.2. The van der Waals surface area contributed by atoms with Crippen molar-refractivity contribution >= 4 is 65.7 Å². The second kappa shape index (κ2) is 9.15. The number of rotatable bonds is 3. The lowest BCUT2D eigenvalue weighted by molar-refractivity contribution is 0.666. The third-order valence-corrected chi connectivity index (χ3v) is 7.34. The van der Waals surface area contributed by atoms with Crippen molar-refractivity contribution < 1.29 is 37.3 Å². The van der Waals surface area contributed by atoms with Gasteiger partial charge in [0.2, 0.25) is 5.95 Å². The molecule has 0 N–H and O–H groups in total. The molecule has 0 aliphatic rings. The van der Waals surface area contributed by atoms with Crippen molar-refractivity contribution in [1.29, 1.82) is 0 Å². The first kappa shape index (κ1) is 10.8. The summed E-state index contributed by atoms with van der Waals surface area (Å²) in [5.74, 6) is -0.771. The highest BCUT2D eigenvalue weighted by molar-refractivity contribution is 6.12. The predicted octanol–water partition coefficient (Wildman–Crippen LogP) is 10.2. The topological polar surface area (TPSA) is 48.8 Å². The van der Waals surface area contributed by atoms with Crippen molar-refractivity contribution in [2.45, 2.75) is 0 Å². The van der Waals surface area contributed by atoms with Gasteiger partial charge in [0, 0.05) is 32.5 Å². The van der Waals surface area contributed by atoms with E-state index in [1.807, 2.05) is 0 Å². The first-order chi connectivity index (χ1) is 32.3. The molecule has 10 aromatic rings. The Morgan fingerprint density at radius 2 is 0.933 bits per heavy atom. The van der Waals surface area contributed by atoms with Crippen LogP contribution in [0.25, 0.3) is 88.6 Å². The Labute approximate surface area is 290 Å². The van der Waals surface area contributed by atoms with Crippen molar-refractivity contribution in [2.24, 2.45) is 0 Å². The van der Waals surface area contributed by atoms with Crippen LogP contribution in [0.5, 0.6) is 0 Å². The van der Waals surface area contributed by atoms with Gasteiger partial charge in [-0.2, -0.15) is 0 Å². The van der Waals surface area contributed by atoms with E-state index in [0.717, 1.165) is 9.13 Å². The highest BCUT2D eigenvalue weighted by Gasteiger charge is 2.23. The minimum atomic E-state index is -0.988. The van der Waals surface area contributed by atoms with Crippen molar-refractivity contribution in [3.8, 4) is 22.9 Å². The van der Waals surface area contributed by atoms with E-state index in [2.05, 4.69) is 9.97 Å². The summed E-state index contributed by atoms with van der Waals surface area (Å²) in [7, 11) is 0. The lowest BCUT2D eigenvalue weighted by Gasteiger charge is -2.15. The standard InChI is InChI=1S/C40H24N4O/c1-7-19-31-25(13-1)26-14-2-8-20-32(26)43(31)35-23-11-5-17-29(35)37-39-38(30-18-6-12-24-36(30)45-39)42-40(41-37)44-33-21-9-3-15-27(33)28-16-4-10-22-34(28)44/h1-24H/i1D,2D,3D,4D,5D,6D,7D,8D,9D,10D,11D,12D,13D,14D,15D,16D,17D,18D,19D,20D,21D,22D,23D,24D. The van der Waals surface area contributed by atoms with E-state index >= 15 is 0 Å². The Hall–Kier alpha value is -6.20. The Morgan fingerprint density at radius 3 is 1.53 bits per heavy atom. The van der Waals surface area contributed by atoms with Gasteiger partial charge in [0.25, 0.3) is 0 Å². The van der Waals surface area contributed by atoms with Gasteiger partial charge in [-0.3, -0.25) is 4.57 Å². The molecule has 0 saturated carbocycles. The molecule has 0 unspecified atom stereocenters. The molecule has 6 aromatic carbocycles. The molecule has 0 atom stereocenters. The number of aromatic nitrogens is 4. The van der Waals surface area contributed by atoms with Crippen LogP contribution in [0.4, 0.5) is 0 Å². The number of benzene rings is 6. The van der Waals surface area contributed by atoms with Crippen LogP contribution in [0.2, 0.25) is 0 Å². The van der Waals surface area contributed by atoms with E-state index in [0.29, 0.717) is 0 Å². The van der Waals surface area contributed by atoms with Gasteiger partial charge in [0.15, 0.2) is 5.58 Å². The average Bonchev–Trinajstić information content (AvgIpc) is 4.02. The number of para-hydroxylation sites is 6. The van der Waals surface area contributed by atoms with Gasteiger partial charge in [-0.05, 0) is 42.3 Å². The molecular formula is C40H24N4O. The highest BCUT2D eigenvalue weighted by Crippen LogP contribution is 2.40. The summed E-state index contributed by atoms with van der Waals surface area (Å²) in [5.41, 5.74) is -6.20. The molecule has 0 saturated heterocycles. The first-order valence-electron chi connectivity index (χ1n) is 25.1. The summed E-state index contributed by atoms with van der Waals surface area (Å²) >= 11 is 0. The Morgan fingerprint density at radius 1 is 0.467 bits per heavy atom. The molecule has 0 radical (unpaired) electrons. The van der Waals surface area contributed by atoms with Crippen molar-refractivity contribution in [1.82, 2.24) is 19.1 Å². The number of hydrogen-bond acceptors (Lipinski definition) is 3. The van der Waals surface area contributed by atoms with Gasteiger partial charge in [0.05, 0.1) is 60.7 Å². The quantitative estimate of drug-likeness (QED) is 0.203. The fourth-order valence-electron chi connectivity index (χ4n) is 5.53. The number of furan rings is 1. The van der Waals surface area contributed by atoms with E-state index in [9.17, 15) is 2.74 Å². The zero-order chi connectivity index (χ0) is 50.4. The molecule has 0 fully saturated rings. The van der Waals surface area contributed by atoms with E-state index in [1.165, 1.54) is 0 Å². The molecule has 0 aliphatic carbocycles.